The first kappa shape index (κ1) is 24.2. The molecule has 0 aromatic heterocycles. The zero-order valence-corrected chi connectivity index (χ0v) is 18.2. The fraction of sp³-hybridized carbons (Fsp3) is 0.435. The molecule has 0 heterocycles. The molecule has 2 aromatic carbocycles. The zero-order chi connectivity index (χ0) is 21.9. The third-order valence-corrected chi connectivity index (χ3v) is 5.88. The number of unbranched alkanes of at least 4 members (excludes halogenated alkanes) is 5. The second-order valence-electron chi connectivity index (χ2n) is 7.30. The van der Waals surface area contributed by atoms with Gasteiger partial charge in [-0.15, -0.1) is 0 Å². The van der Waals surface area contributed by atoms with Crippen LogP contribution in [0.5, 0.6) is 0 Å². The highest BCUT2D eigenvalue weighted by molar-refractivity contribution is 7.84. The summed E-state index contributed by atoms with van der Waals surface area (Å²) in [6.45, 7) is 1.69. The van der Waals surface area contributed by atoms with Crippen LogP contribution in [0.1, 0.15) is 61.4 Å². The van der Waals surface area contributed by atoms with E-state index in [0.29, 0.717) is 6.42 Å². The Morgan fingerprint density at radius 2 is 1.50 bits per heavy atom. The first-order chi connectivity index (χ1) is 14.4. The van der Waals surface area contributed by atoms with E-state index in [9.17, 15) is 18.3 Å². The fourth-order valence-electron chi connectivity index (χ4n) is 3.13. The molecule has 0 fully saturated rings. The predicted octanol–water partition coefficient (Wildman–Crippen LogP) is 3.97. The molecule has 0 radical (unpaired) electrons. The second-order valence-corrected chi connectivity index (χ2v) is 8.73. The highest BCUT2D eigenvalue weighted by Gasteiger charge is 2.40. The minimum atomic E-state index is -4.10. The fourth-order valence-corrected chi connectivity index (χ4v) is 3.93. The highest BCUT2D eigenvalue weighted by Crippen LogP contribution is 2.27. The predicted molar refractivity (Wildman–Crippen MR) is 117 cm³/mol. The molecular weight excluding hydrogens is 402 g/mol. The second kappa shape index (κ2) is 12.0. The SMILES string of the molecule is CCCCCCCCNS(=O)(=O)OCC(O)(C(=O)c1ccccc1)c1ccccc1. The molecule has 2 aromatic rings. The van der Waals surface area contributed by atoms with Crippen LogP contribution in [-0.4, -0.2) is 32.5 Å². The number of hydrogen-bond donors (Lipinski definition) is 2. The number of carbonyl (C=O) groups excluding carboxylic acids is 1. The Hall–Kier alpha value is -2.06. The molecule has 0 saturated carbocycles. The van der Waals surface area contributed by atoms with Crippen molar-refractivity contribution in [2.75, 3.05) is 13.2 Å². The molecule has 0 aliphatic rings. The van der Waals surface area contributed by atoms with Crippen LogP contribution in [0.15, 0.2) is 60.7 Å². The molecule has 0 spiro atoms. The van der Waals surface area contributed by atoms with Crippen LogP contribution in [0.25, 0.3) is 0 Å². The minimum absolute atomic E-state index is 0.255. The molecule has 0 aliphatic heterocycles. The Morgan fingerprint density at radius 1 is 0.933 bits per heavy atom. The Kier molecular flexibility index (Phi) is 9.65. The highest BCUT2D eigenvalue weighted by atomic mass is 32.2. The van der Waals surface area contributed by atoms with Gasteiger partial charge in [-0.05, 0) is 12.0 Å². The van der Waals surface area contributed by atoms with Gasteiger partial charge in [0.1, 0.15) is 6.61 Å². The summed E-state index contributed by atoms with van der Waals surface area (Å²) in [7, 11) is -4.10. The first-order valence-corrected chi connectivity index (χ1v) is 11.8. The Bertz CT molecular complexity index is 871. The van der Waals surface area contributed by atoms with Crippen molar-refractivity contribution >= 4 is 16.1 Å². The van der Waals surface area contributed by atoms with Gasteiger partial charge in [-0.3, -0.25) is 8.98 Å². The maximum atomic E-state index is 13.0. The molecule has 164 valence electrons. The lowest BCUT2D eigenvalue weighted by molar-refractivity contribution is 0.00375. The van der Waals surface area contributed by atoms with E-state index in [0.717, 1.165) is 25.7 Å². The molecule has 6 nitrogen and oxygen atoms in total. The maximum Gasteiger partial charge on any atom is 0.335 e. The summed E-state index contributed by atoms with van der Waals surface area (Å²) in [6.07, 6.45) is 6.19. The van der Waals surface area contributed by atoms with Gasteiger partial charge in [0.2, 0.25) is 5.78 Å². The Morgan fingerprint density at radius 3 is 2.13 bits per heavy atom. The molecule has 30 heavy (non-hydrogen) atoms. The summed E-state index contributed by atoms with van der Waals surface area (Å²) in [6, 6.07) is 16.5. The number of ketones is 1. The lowest BCUT2D eigenvalue weighted by atomic mass is 9.86. The number of carbonyl (C=O) groups is 1. The number of benzene rings is 2. The summed E-state index contributed by atoms with van der Waals surface area (Å²) in [5.41, 5.74) is -1.59. The van der Waals surface area contributed by atoms with E-state index in [2.05, 4.69) is 11.6 Å². The van der Waals surface area contributed by atoms with E-state index in [1.165, 1.54) is 6.42 Å². The average molecular weight is 434 g/mol. The van der Waals surface area contributed by atoms with Gasteiger partial charge in [0.25, 0.3) is 0 Å². The van der Waals surface area contributed by atoms with Crippen LogP contribution < -0.4 is 4.72 Å². The quantitative estimate of drug-likeness (QED) is 0.347. The van der Waals surface area contributed by atoms with E-state index in [4.69, 9.17) is 4.18 Å². The molecule has 0 amide bonds. The standard InChI is InChI=1S/C23H31NO5S/c1-2-3-4-5-6-13-18-24-30(27,28)29-19-23(26,21-16-11-8-12-17-21)22(25)20-14-9-7-10-15-20/h7-12,14-17,24,26H,2-6,13,18-19H2,1H3. The van der Waals surface area contributed by atoms with Crippen LogP contribution in [0.2, 0.25) is 0 Å². The van der Waals surface area contributed by atoms with Crippen LogP contribution in [0.3, 0.4) is 0 Å². The Balaban J connectivity index is 2.02. The number of hydrogen-bond acceptors (Lipinski definition) is 5. The summed E-state index contributed by atoms with van der Waals surface area (Å²) in [5.74, 6) is -0.625. The number of Topliss-reactive ketones (excluding diaryl/α,β-unsaturated/α-hetero) is 1. The van der Waals surface area contributed by atoms with Crippen molar-refractivity contribution in [1.29, 1.82) is 0 Å². The monoisotopic (exact) mass is 433 g/mol. The van der Waals surface area contributed by atoms with E-state index < -0.39 is 28.3 Å². The molecule has 1 atom stereocenters. The van der Waals surface area contributed by atoms with Gasteiger partial charge in [0.15, 0.2) is 5.60 Å². The van der Waals surface area contributed by atoms with Gasteiger partial charge in [0, 0.05) is 12.1 Å². The van der Waals surface area contributed by atoms with Gasteiger partial charge < -0.3 is 5.11 Å². The maximum absolute atomic E-state index is 13.0. The molecule has 0 aliphatic carbocycles. The summed E-state index contributed by atoms with van der Waals surface area (Å²) in [5, 5.41) is 11.2. The Labute approximate surface area is 179 Å². The molecule has 2 rings (SSSR count). The van der Waals surface area contributed by atoms with E-state index in [1.54, 1.807) is 60.7 Å². The van der Waals surface area contributed by atoms with E-state index >= 15 is 0 Å². The van der Waals surface area contributed by atoms with Crippen molar-refractivity contribution in [2.24, 2.45) is 0 Å². The summed E-state index contributed by atoms with van der Waals surface area (Å²) in [4.78, 5) is 13.0. The molecule has 1 unspecified atom stereocenters. The van der Waals surface area contributed by atoms with E-state index in [1.807, 2.05) is 0 Å². The van der Waals surface area contributed by atoms with Crippen LogP contribution in [0, 0.1) is 0 Å². The van der Waals surface area contributed by atoms with E-state index in [-0.39, 0.29) is 17.7 Å². The van der Waals surface area contributed by atoms with Gasteiger partial charge in [-0.25, -0.2) is 0 Å². The normalized spacial score (nSPS) is 13.7. The summed E-state index contributed by atoms with van der Waals surface area (Å²) >= 11 is 0. The largest absolute Gasteiger partial charge is 0.375 e. The number of nitrogens with one attached hydrogen (secondary N) is 1. The van der Waals surface area contributed by atoms with Crippen molar-refractivity contribution in [3.8, 4) is 0 Å². The van der Waals surface area contributed by atoms with Crippen LogP contribution in [0.4, 0.5) is 0 Å². The smallest absolute Gasteiger partial charge is 0.335 e. The molecule has 0 bridgehead atoms. The molecule has 7 heteroatoms. The third-order valence-electron chi connectivity index (χ3n) is 4.90. The molecule has 0 saturated heterocycles. The number of rotatable bonds is 14. The average Bonchev–Trinajstić information content (AvgIpc) is 2.77. The lowest BCUT2D eigenvalue weighted by Crippen LogP contribution is -2.42. The van der Waals surface area contributed by atoms with Crippen LogP contribution in [-0.2, 0) is 20.1 Å². The van der Waals surface area contributed by atoms with Gasteiger partial charge in [-0.2, -0.15) is 13.1 Å². The summed E-state index contributed by atoms with van der Waals surface area (Å²) < 4.78 is 31.9. The minimum Gasteiger partial charge on any atom is -0.375 e. The van der Waals surface area contributed by atoms with Crippen molar-refractivity contribution < 1.29 is 22.5 Å². The van der Waals surface area contributed by atoms with Crippen molar-refractivity contribution in [1.82, 2.24) is 4.72 Å². The van der Waals surface area contributed by atoms with Gasteiger partial charge in [0.05, 0.1) is 0 Å². The topological polar surface area (TPSA) is 92.7 Å². The third kappa shape index (κ3) is 7.32. The lowest BCUT2D eigenvalue weighted by Gasteiger charge is -2.27. The van der Waals surface area contributed by atoms with Crippen molar-refractivity contribution in [3.63, 3.8) is 0 Å². The van der Waals surface area contributed by atoms with Crippen molar-refractivity contribution in [3.05, 3.63) is 71.8 Å². The number of aliphatic hydroxyl groups is 1. The molecule has 2 N–H and O–H groups in total. The van der Waals surface area contributed by atoms with Crippen LogP contribution >= 0.6 is 0 Å². The van der Waals surface area contributed by atoms with Gasteiger partial charge in [-0.1, -0.05) is 99.7 Å². The van der Waals surface area contributed by atoms with Gasteiger partial charge >= 0.3 is 10.3 Å². The zero-order valence-electron chi connectivity index (χ0n) is 17.4. The van der Waals surface area contributed by atoms with Crippen molar-refractivity contribution in [2.45, 2.75) is 51.0 Å². The first-order valence-electron chi connectivity index (χ1n) is 10.4. The molecular formula is C23H31NO5S.